The van der Waals surface area contributed by atoms with Gasteiger partial charge in [-0.25, -0.2) is 48.7 Å². The first-order chi connectivity index (χ1) is 65.7. The molecule has 19 rings (SSSR count). The fraction of sp³-hybridized carbons (Fsp3) is 0.200. The van der Waals surface area contributed by atoms with Crippen LogP contribution in [0.1, 0.15) is 152 Å². The number of carbonyl (C=O) groups excluding carboxylic acids is 6. The van der Waals surface area contributed by atoms with Gasteiger partial charge in [-0.2, -0.15) is 24.9 Å². The molecule has 0 amide bonds. The second-order valence-electron chi connectivity index (χ2n) is 28.5. The van der Waals surface area contributed by atoms with Gasteiger partial charge in [-0.05, 0) is 201 Å². The Bertz CT molecular complexity index is 6600. The number of nitrogen functional groups attached to an aromatic ring is 1. The van der Waals surface area contributed by atoms with Crippen LogP contribution in [-0.4, -0.2) is 142 Å². The SMILES string of the molecule is C.CCOC(=O)c1c(C=O)nc(OC)nc1-c1ccco1.COc1ccc(CBr)cc1.COc1ccc(CC2OC(=O)c3c(-c4ccco4)nc(=O)[nH]c32)cc1.COc1ccc(CC2OC(=O)c3c(-c4ccco4)nc(Cl)nc32)cc1.COc1ccc(CC2OC(=O)c3c(-c4ccco4)nc(N)nc32)cc1.COc1ccc(CC2OC(=O)c3c(-c4ccco4)nc(OC)nc32)cc1.O=P(Cl)(Cl)Cl.[I-].[Li+]. The van der Waals surface area contributed by atoms with Crippen LogP contribution in [0.2, 0.25) is 5.28 Å². The Balaban J connectivity index is 0.000000172. The number of H-pyrrole nitrogens is 1. The monoisotopic (exact) mass is 2160 g/mol. The summed E-state index contributed by atoms with van der Waals surface area (Å²) >= 11 is 23.3. The van der Waals surface area contributed by atoms with Crippen molar-refractivity contribution in [2.75, 3.05) is 62.1 Å². The summed E-state index contributed by atoms with van der Waals surface area (Å²) in [6.07, 6.45) is 7.61. The number of aromatic amines is 1. The average Bonchev–Trinajstić information content (AvgIpc) is 1.64. The van der Waals surface area contributed by atoms with Gasteiger partial charge in [0.25, 0.3) is 0 Å². The van der Waals surface area contributed by atoms with Crippen molar-refractivity contribution in [2.45, 2.75) is 69.8 Å². The maximum atomic E-state index is 12.5. The van der Waals surface area contributed by atoms with Gasteiger partial charge >= 0.3 is 71.6 Å². The Labute approximate surface area is 850 Å². The van der Waals surface area contributed by atoms with Crippen molar-refractivity contribution >= 4 is 109 Å². The number of anilines is 1. The van der Waals surface area contributed by atoms with E-state index in [0.29, 0.717) is 117 Å². The maximum absolute atomic E-state index is 12.5. The Kier molecular flexibility index (Phi) is 39.1. The molecule has 36 nitrogen and oxygen atoms in total. The van der Waals surface area contributed by atoms with Gasteiger partial charge in [-0.15, -0.1) is 0 Å². The van der Waals surface area contributed by atoms with E-state index in [4.69, 9.17) is 96.3 Å². The van der Waals surface area contributed by atoms with Crippen LogP contribution in [0.3, 0.4) is 0 Å². The number of benzene rings is 5. The smallest absolute Gasteiger partial charge is 1.00 e. The molecule has 14 heterocycles. The third-order valence-corrected chi connectivity index (χ3v) is 20.9. The van der Waals surface area contributed by atoms with Gasteiger partial charge in [-0.3, -0.25) is 9.36 Å². The van der Waals surface area contributed by atoms with Crippen LogP contribution in [0.25, 0.3) is 57.3 Å². The predicted molar refractivity (Wildman–Crippen MR) is 502 cm³/mol. The van der Waals surface area contributed by atoms with E-state index in [-0.39, 0.29) is 108 Å². The molecule has 4 aliphatic rings. The Hall–Kier alpha value is -13.7. The van der Waals surface area contributed by atoms with E-state index in [0.717, 1.165) is 56.3 Å². The van der Waals surface area contributed by atoms with Crippen LogP contribution in [0.5, 0.6) is 40.8 Å². The van der Waals surface area contributed by atoms with Crippen LogP contribution >= 0.6 is 66.5 Å². The fourth-order valence-corrected chi connectivity index (χ4v) is 14.4. The molecule has 0 saturated carbocycles. The van der Waals surface area contributed by atoms with E-state index in [2.05, 4.69) is 99.5 Å². The number of hydrogen-bond donors (Lipinski definition) is 2. The summed E-state index contributed by atoms with van der Waals surface area (Å²) in [4.78, 5) is 124. The van der Waals surface area contributed by atoms with Gasteiger partial charge in [0, 0.05) is 31.0 Å². The number of cyclic esters (lactones) is 4. The normalized spacial score (nSPS) is 13.9. The average molecular weight is 2170 g/mol. The molecule has 3 N–H and O–H groups in total. The van der Waals surface area contributed by atoms with Crippen LogP contribution in [-0.2, 0) is 59.3 Å². The molecule has 716 valence electrons. The number of halogens is 6. The fourth-order valence-electron chi connectivity index (χ4n) is 13.9. The van der Waals surface area contributed by atoms with Crippen molar-refractivity contribution in [3.8, 4) is 98.0 Å². The van der Waals surface area contributed by atoms with Crippen LogP contribution in [0, 0.1) is 0 Å². The maximum Gasteiger partial charge on any atom is 1.00 e. The Morgan fingerprint density at radius 2 is 0.734 bits per heavy atom. The minimum Gasteiger partial charge on any atom is -1.00 e. The van der Waals surface area contributed by atoms with Gasteiger partial charge in [0.15, 0.2) is 35.1 Å². The number of rotatable bonds is 24. The van der Waals surface area contributed by atoms with Gasteiger partial charge < -0.3 is 114 Å². The van der Waals surface area contributed by atoms with E-state index >= 15 is 0 Å². The van der Waals surface area contributed by atoms with E-state index in [1.54, 1.807) is 103 Å². The number of aromatic nitrogens is 10. The summed E-state index contributed by atoms with van der Waals surface area (Å²) in [6, 6.07) is 55.1. The first kappa shape index (κ1) is 107. The first-order valence-electron chi connectivity index (χ1n) is 40.6. The van der Waals surface area contributed by atoms with Crippen molar-refractivity contribution in [2.24, 2.45) is 0 Å². The zero-order valence-corrected chi connectivity index (χ0v) is 82.0. The molecular formula is C95H83BrCl4ILiN11O25P. The second-order valence-corrected chi connectivity index (χ2v) is 36.0. The molecule has 0 aliphatic carbocycles. The summed E-state index contributed by atoms with van der Waals surface area (Å²) < 4.78 is 98.8. The second kappa shape index (κ2) is 50.6. The van der Waals surface area contributed by atoms with Crippen molar-refractivity contribution < 1.29 is 155 Å². The number of furan rings is 5. The first-order valence-corrected chi connectivity index (χ1v) is 46.5. The van der Waals surface area contributed by atoms with E-state index in [1.807, 2.05) is 121 Å². The number of methoxy groups -OCH3 is 7. The summed E-state index contributed by atoms with van der Waals surface area (Å²) in [5.74, 6) is 3.41. The molecule has 4 atom stereocenters. The van der Waals surface area contributed by atoms with E-state index < -0.39 is 65.2 Å². The minimum absolute atomic E-state index is 0. The molecule has 15 aromatic rings. The molecule has 10 aromatic heterocycles. The Morgan fingerprint density at radius 3 is 1.08 bits per heavy atom. The molecule has 44 heteroatoms. The number of carbonyl (C=O) groups is 6. The number of nitrogens with zero attached hydrogens (tertiary/aromatic N) is 9. The Morgan fingerprint density at radius 1 is 0.424 bits per heavy atom. The summed E-state index contributed by atoms with van der Waals surface area (Å²) in [6.45, 7) is 1.83. The molecule has 0 radical (unpaired) electrons. The summed E-state index contributed by atoms with van der Waals surface area (Å²) in [5, 5.41) is -2.28. The standard InChI is InChI=1S/C19H16N2O5.C18H13ClN2O4.C18H15N3O4.C18H14N2O5.C13H12N2O5.C8H9BrO.CH4.Cl3OP.HI.Li/c1-23-12-7-5-11(6-8-12)10-14-17-15(18(22)26-14)16(13-4-3-9-25-13)20-19(21-17)24-2;2*1-23-11-6-4-10(5-7-11)9-13-16-14(17(22)25-13)15(20-18(19)21-16)12-3-2-8-24-12;1-23-11-6-4-10(5-7-11)9-13-16-14(17(21)25-13)15(19-18(22)20-16)12-3-2-8-24-12;1-3-19-12(17)10-8(7-16)14-13(18-2)15-11(10)9-5-4-6-20-9;1-10-8-4-2-7(6-9)3-5-8;;1-5(2,3)4;;/h3-9,14H,10H2,1-2H3;2-8,13H,9H2,1H3;2-8,13H,9H2,1H3,(H2,19,20,21);2-8,13H,9H2,1H3,(H,19,20,22);4-7H,3H2,1-2H3;2-5H,6H2,1H3;1H4;;1H;/q;;;;;;;;;+1/p-1. The molecular weight excluding hydrogens is 2080 g/mol. The van der Waals surface area contributed by atoms with Gasteiger partial charge in [0.2, 0.25) is 11.2 Å². The van der Waals surface area contributed by atoms with Crippen LogP contribution in [0.4, 0.5) is 5.95 Å². The molecule has 4 unspecified atom stereocenters. The third kappa shape index (κ3) is 27.4. The zero-order chi connectivity index (χ0) is 96.7. The van der Waals surface area contributed by atoms with Crippen molar-refractivity contribution in [1.82, 2.24) is 49.8 Å². The van der Waals surface area contributed by atoms with Crippen molar-refractivity contribution in [1.29, 1.82) is 0 Å². The predicted octanol–water partition coefficient (Wildman–Crippen LogP) is 14.1. The molecule has 4 aliphatic heterocycles. The molecule has 139 heavy (non-hydrogen) atoms. The third-order valence-electron chi connectivity index (χ3n) is 20.1. The number of aldehydes is 1. The molecule has 0 fully saturated rings. The van der Waals surface area contributed by atoms with Gasteiger partial charge in [-0.1, -0.05) is 84.0 Å². The van der Waals surface area contributed by atoms with Gasteiger partial charge in [0.1, 0.15) is 132 Å². The van der Waals surface area contributed by atoms with E-state index in [1.165, 1.54) is 51.1 Å². The molecule has 0 saturated heterocycles. The number of ether oxygens (including phenoxy) is 12. The van der Waals surface area contributed by atoms with Crippen molar-refractivity contribution in [3.63, 3.8) is 0 Å². The van der Waals surface area contributed by atoms with Gasteiger partial charge in [0.05, 0.1) is 93.4 Å². The number of esters is 5. The summed E-state index contributed by atoms with van der Waals surface area (Å²) in [7, 11) is 10.9. The van der Waals surface area contributed by atoms with Crippen molar-refractivity contribution in [3.05, 3.63) is 313 Å². The molecule has 0 spiro atoms. The minimum atomic E-state index is -3.22. The topological polar surface area (TPSA) is 471 Å². The summed E-state index contributed by atoms with van der Waals surface area (Å²) in [5.41, 5.74) is 14.8. The molecule has 5 aromatic carbocycles. The quantitative estimate of drug-likeness (QED) is 0.00829. The number of nitrogens with one attached hydrogen (secondary N) is 1. The number of nitrogens with two attached hydrogens (primary N) is 1. The van der Waals surface area contributed by atoms with E-state index in [9.17, 15) is 38.1 Å². The largest absolute Gasteiger partial charge is 1.00 e. The molecule has 0 bridgehead atoms. The number of hydrogen-bond acceptors (Lipinski definition) is 35. The number of fused-ring (bicyclic) bond motifs is 4. The van der Waals surface area contributed by atoms with Crippen LogP contribution < -0.4 is 87.4 Å². The zero-order valence-electron chi connectivity index (χ0n) is 74.4. The number of alkyl halides is 1. The van der Waals surface area contributed by atoms with Crippen LogP contribution in [0.15, 0.2) is 240 Å².